The number of nitrogens with zero attached hydrogens (tertiary/aromatic N) is 3. The van der Waals surface area contributed by atoms with Gasteiger partial charge in [-0.1, -0.05) is 26.2 Å². The van der Waals surface area contributed by atoms with Crippen molar-refractivity contribution < 1.29 is 9.53 Å². The van der Waals surface area contributed by atoms with Crippen LogP contribution in [0.1, 0.15) is 61.0 Å². The number of ether oxygens (including phenoxy) is 1. The summed E-state index contributed by atoms with van der Waals surface area (Å²) in [6.07, 6.45) is 6.27. The summed E-state index contributed by atoms with van der Waals surface area (Å²) in [6.45, 7) is 6.91. The Bertz CT molecular complexity index is 999. The van der Waals surface area contributed by atoms with E-state index in [4.69, 9.17) is 14.7 Å². The first-order valence-electron chi connectivity index (χ1n) is 10.2. The molecule has 3 aromatic heterocycles. The van der Waals surface area contributed by atoms with E-state index in [9.17, 15) is 4.79 Å². The van der Waals surface area contributed by atoms with Crippen LogP contribution in [0.25, 0.3) is 11.2 Å². The van der Waals surface area contributed by atoms with Crippen molar-refractivity contribution in [1.82, 2.24) is 14.5 Å². The van der Waals surface area contributed by atoms with Gasteiger partial charge in [0.2, 0.25) is 0 Å². The van der Waals surface area contributed by atoms with Crippen molar-refractivity contribution >= 4 is 28.5 Å². The van der Waals surface area contributed by atoms with E-state index in [1.54, 1.807) is 11.3 Å². The van der Waals surface area contributed by atoms with Crippen molar-refractivity contribution in [2.24, 2.45) is 5.92 Å². The van der Waals surface area contributed by atoms with Crippen molar-refractivity contribution in [2.75, 3.05) is 0 Å². The van der Waals surface area contributed by atoms with Crippen molar-refractivity contribution in [3.8, 4) is 5.06 Å². The molecule has 1 fully saturated rings. The Kier molecular flexibility index (Phi) is 5.49. The second-order valence-electron chi connectivity index (χ2n) is 7.70. The summed E-state index contributed by atoms with van der Waals surface area (Å²) in [7, 11) is 0. The Hall–Kier alpha value is -2.21. The van der Waals surface area contributed by atoms with Gasteiger partial charge in [0.15, 0.2) is 10.7 Å². The maximum atomic E-state index is 12.4. The number of aryl methyl sites for hydroxylation is 3. The van der Waals surface area contributed by atoms with Gasteiger partial charge in [-0.05, 0) is 50.5 Å². The number of esters is 1. The van der Waals surface area contributed by atoms with E-state index in [2.05, 4.69) is 24.5 Å². The van der Waals surface area contributed by atoms with E-state index in [0.29, 0.717) is 11.6 Å². The van der Waals surface area contributed by atoms with Gasteiger partial charge in [-0.25, -0.2) is 9.97 Å². The minimum absolute atomic E-state index is 0.0663. The molecule has 0 amide bonds. The molecule has 0 bridgehead atoms. The number of hydrogen-bond acceptors (Lipinski definition) is 5. The number of hydrogen-bond donors (Lipinski definition) is 0. The number of fused-ring (bicyclic) bond motifs is 1. The van der Waals surface area contributed by atoms with Crippen LogP contribution < -0.4 is 4.74 Å². The molecule has 1 aliphatic carbocycles. The summed E-state index contributed by atoms with van der Waals surface area (Å²) in [5, 5.41) is 0.688. The first-order chi connectivity index (χ1) is 13.5. The van der Waals surface area contributed by atoms with Crippen molar-refractivity contribution in [1.29, 1.82) is 0 Å². The summed E-state index contributed by atoms with van der Waals surface area (Å²) in [4.78, 5) is 23.1. The normalized spacial score (nSPS) is 15.2. The maximum Gasteiger partial charge on any atom is 0.315 e. The first-order valence-corrected chi connectivity index (χ1v) is 11.0. The third-order valence-electron chi connectivity index (χ3n) is 5.51. The fourth-order valence-electron chi connectivity index (χ4n) is 4.06. The molecule has 0 radical (unpaired) electrons. The second-order valence-corrected chi connectivity index (χ2v) is 8.83. The monoisotopic (exact) mass is 397 g/mol. The zero-order valence-electron chi connectivity index (χ0n) is 16.8. The molecule has 1 saturated carbocycles. The largest absolute Gasteiger partial charge is 0.415 e. The van der Waals surface area contributed by atoms with Crippen LogP contribution >= 0.6 is 11.3 Å². The Morgan fingerprint density at radius 3 is 2.75 bits per heavy atom. The second kappa shape index (κ2) is 8.03. The lowest BCUT2D eigenvalue weighted by atomic mass is 9.89. The van der Waals surface area contributed by atoms with Gasteiger partial charge in [0.1, 0.15) is 11.3 Å². The van der Waals surface area contributed by atoms with Gasteiger partial charge in [0, 0.05) is 17.0 Å². The number of aromatic nitrogens is 3. The van der Waals surface area contributed by atoms with Crippen LogP contribution in [0, 0.1) is 19.8 Å². The van der Waals surface area contributed by atoms with Crippen molar-refractivity contribution in [3.05, 3.63) is 40.2 Å². The fraction of sp³-hybridized carbons (Fsp3) is 0.500. The number of carbonyl (C=O) groups is 1. The number of thiophene rings is 1. The molecule has 3 aromatic rings. The Balaban J connectivity index is 1.54. The topological polar surface area (TPSA) is 57.0 Å². The van der Waals surface area contributed by atoms with Crippen LogP contribution in [0.5, 0.6) is 5.06 Å². The average Bonchev–Trinajstić information content (AvgIpc) is 3.27. The highest BCUT2D eigenvalue weighted by Crippen LogP contribution is 2.30. The summed E-state index contributed by atoms with van der Waals surface area (Å²) in [6, 6.07) is 6.03. The fourth-order valence-corrected chi connectivity index (χ4v) is 4.91. The minimum Gasteiger partial charge on any atom is -0.415 e. The molecule has 148 valence electrons. The standard InChI is InChI=1S/C22H27N3O2S/c1-4-18-24-20-14(2)12-15(3)23-21(20)25(18)13-17-10-11-19(28-17)27-22(26)16-8-6-5-7-9-16/h10-12,16H,4-9,13H2,1-3H3. The lowest BCUT2D eigenvalue weighted by Crippen LogP contribution is -2.22. The zero-order valence-corrected chi connectivity index (χ0v) is 17.6. The van der Waals surface area contributed by atoms with E-state index in [-0.39, 0.29) is 11.9 Å². The van der Waals surface area contributed by atoms with Crippen LogP contribution in [-0.2, 0) is 17.8 Å². The molecule has 6 heteroatoms. The van der Waals surface area contributed by atoms with E-state index in [1.165, 1.54) is 6.42 Å². The average molecular weight is 398 g/mol. The van der Waals surface area contributed by atoms with E-state index >= 15 is 0 Å². The first kappa shape index (κ1) is 19.1. The van der Waals surface area contributed by atoms with Crippen LogP contribution in [0.15, 0.2) is 18.2 Å². The number of imidazole rings is 1. The van der Waals surface area contributed by atoms with Crippen LogP contribution in [0.4, 0.5) is 0 Å². The zero-order chi connectivity index (χ0) is 19.7. The smallest absolute Gasteiger partial charge is 0.315 e. The number of rotatable bonds is 5. The van der Waals surface area contributed by atoms with Gasteiger partial charge in [0.05, 0.1) is 12.5 Å². The highest BCUT2D eigenvalue weighted by molar-refractivity contribution is 7.13. The van der Waals surface area contributed by atoms with Gasteiger partial charge >= 0.3 is 5.97 Å². The Labute approximate surface area is 169 Å². The molecule has 0 aromatic carbocycles. The van der Waals surface area contributed by atoms with Crippen LogP contribution in [0.2, 0.25) is 0 Å². The molecule has 5 nitrogen and oxygen atoms in total. The van der Waals surface area contributed by atoms with Gasteiger partial charge in [0.25, 0.3) is 0 Å². The molecule has 28 heavy (non-hydrogen) atoms. The molecule has 0 aliphatic heterocycles. The molecule has 0 atom stereocenters. The molecule has 0 unspecified atom stereocenters. The van der Waals surface area contributed by atoms with Crippen molar-refractivity contribution in [2.45, 2.75) is 65.8 Å². The van der Waals surface area contributed by atoms with Gasteiger partial charge in [-0.15, -0.1) is 11.3 Å². The number of pyridine rings is 1. The molecule has 0 saturated heterocycles. The predicted octanol–water partition coefficient (Wildman–Crippen LogP) is 5.21. The third kappa shape index (κ3) is 3.83. The maximum absolute atomic E-state index is 12.4. The van der Waals surface area contributed by atoms with E-state index in [1.807, 2.05) is 19.1 Å². The summed E-state index contributed by atoms with van der Waals surface area (Å²) >= 11 is 1.54. The minimum atomic E-state index is -0.0663. The number of carbonyl (C=O) groups excluding carboxylic acids is 1. The quantitative estimate of drug-likeness (QED) is 0.555. The Morgan fingerprint density at radius 1 is 1.21 bits per heavy atom. The predicted molar refractivity (Wildman–Crippen MR) is 112 cm³/mol. The molecular weight excluding hydrogens is 370 g/mol. The molecular formula is C22H27N3O2S. The summed E-state index contributed by atoms with van der Waals surface area (Å²) in [5.74, 6) is 1.03. The van der Waals surface area contributed by atoms with E-state index < -0.39 is 0 Å². The van der Waals surface area contributed by atoms with Crippen LogP contribution in [-0.4, -0.2) is 20.5 Å². The molecule has 0 spiro atoms. The van der Waals surface area contributed by atoms with Crippen LogP contribution in [0.3, 0.4) is 0 Å². The SMILES string of the molecule is CCc1nc2c(C)cc(C)nc2n1Cc1ccc(OC(=O)C2CCCCC2)s1. The molecule has 0 N–H and O–H groups in total. The van der Waals surface area contributed by atoms with Gasteiger partial charge < -0.3 is 9.30 Å². The highest BCUT2D eigenvalue weighted by Gasteiger charge is 2.23. The van der Waals surface area contributed by atoms with Gasteiger partial charge in [-0.3, -0.25) is 4.79 Å². The third-order valence-corrected chi connectivity index (χ3v) is 6.46. The summed E-state index contributed by atoms with van der Waals surface area (Å²) in [5.41, 5.74) is 4.07. The lowest BCUT2D eigenvalue weighted by molar-refractivity contribution is -0.139. The molecule has 3 heterocycles. The van der Waals surface area contributed by atoms with Crippen molar-refractivity contribution in [3.63, 3.8) is 0 Å². The summed E-state index contributed by atoms with van der Waals surface area (Å²) < 4.78 is 7.86. The van der Waals surface area contributed by atoms with Gasteiger partial charge in [-0.2, -0.15) is 0 Å². The highest BCUT2D eigenvalue weighted by atomic mass is 32.1. The van der Waals surface area contributed by atoms with E-state index in [0.717, 1.165) is 65.2 Å². The Morgan fingerprint density at radius 2 is 2.00 bits per heavy atom. The molecule has 4 rings (SSSR count). The molecule has 1 aliphatic rings. The lowest BCUT2D eigenvalue weighted by Gasteiger charge is -2.19.